The molecule has 2 aromatic rings. The molecule has 3 rings (SSSR count). The van der Waals surface area contributed by atoms with E-state index in [2.05, 4.69) is 41.2 Å². The van der Waals surface area contributed by atoms with E-state index in [1.807, 2.05) is 6.92 Å². The molecule has 0 radical (unpaired) electrons. The fraction of sp³-hybridized carbons (Fsp3) is 0.444. The number of nitrogens with zero attached hydrogens (tertiary/aromatic N) is 3. The maximum absolute atomic E-state index is 10.9. The molecule has 1 fully saturated rings. The molecular formula is C18H23N3O2. The van der Waals surface area contributed by atoms with Gasteiger partial charge < -0.3 is 5.11 Å². The number of carboxylic acids is 1. The summed E-state index contributed by atoms with van der Waals surface area (Å²) in [6.45, 7) is 6.41. The van der Waals surface area contributed by atoms with E-state index in [1.54, 1.807) is 6.20 Å². The zero-order valence-corrected chi connectivity index (χ0v) is 13.7. The number of benzene rings is 1. The Morgan fingerprint density at radius 3 is 2.78 bits per heavy atom. The number of hydrogen-bond donors (Lipinski definition) is 1. The standard InChI is InChI=1S/C18H23N3O2/c1-13(20-8-3-4-9-20)15-6-5-7-16(10-15)17-11-19-21(14(17)2)12-18(22)23/h5-7,10-11,13H,3-4,8-9,12H2,1-2H3,(H,22,23)/t13-/m1/s1. The Kier molecular flexibility index (Phi) is 4.48. The SMILES string of the molecule is Cc1c(-c2cccc([C@@H](C)N3CCCC3)c2)cnn1CC(=O)O. The van der Waals surface area contributed by atoms with Crippen molar-refractivity contribution < 1.29 is 9.90 Å². The molecule has 0 unspecified atom stereocenters. The van der Waals surface area contributed by atoms with Crippen LogP contribution >= 0.6 is 0 Å². The summed E-state index contributed by atoms with van der Waals surface area (Å²) < 4.78 is 1.54. The Labute approximate surface area is 136 Å². The highest BCUT2D eigenvalue weighted by molar-refractivity contribution is 5.69. The second-order valence-corrected chi connectivity index (χ2v) is 6.24. The lowest BCUT2D eigenvalue weighted by atomic mass is 10.00. The first-order valence-corrected chi connectivity index (χ1v) is 8.15. The van der Waals surface area contributed by atoms with Crippen molar-refractivity contribution in [2.45, 2.75) is 39.3 Å². The minimum Gasteiger partial charge on any atom is -0.480 e. The van der Waals surface area contributed by atoms with Crippen LogP contribution in [0.15, 0.2) is 30.5 Å². The van der Waals surface area contributed by atoms with Crippen LogP contribution in [0.1, 0.15) is 37.1 Å². The lowest BCUT2D eigenvalue weighted by molar-refractivity contribution is -0.137. The smallest absolute Gasteiger partial charge is 0.325 e. The molecule has 5 heteroatoms. The molecular weight excluding hydrogens is 290 g/mol. The van der Waals surface area contributed by atoms with Crippen molar-refractivity contribution in [3.05, 3.63) is 41.7 Å². The zero-order valence-electron chi connectivity index (χ0n) is 13.7. The summed E-state index contributed by atoms with van der Waals surface area (Å²) in [6, 6.07) is 8.93. The number of aliphatic carboxylic acids is 1. The second-order valence-electron chi connectivity index (χ2n) is 6.24. The van der Waals surface area contributed by atoms with Crippen LogP contribution in [0.5, 0.6) is 0 Å². The first kappa shape index (κ1) is 15.7. The summed E-state index contributed by atoms with van der Waals surface area (Å²) in [5.74, 6) is -0.876. The van der Waals surface area contributed by atoms with Gasteiger partial charge in [-0.3, -0.25) is 14.4 Å². The first-order chi connectivity index (χ1) is 11.1. The van der Waals surface area contributed by atoms with Crippen molar-refractivity contribution in [1.29, 1.82) is 0 Å². The molecule has 1 atom stereocenters. The van der Waals surface area contributed by atoms with Gasteiger partial charge in [0.15, 0.2) is 0 Å². The molecule has 0 aliphatic carbocycles. The highest BCUT2D eigenvalue weighted by atomic mass is 16.4. The molecule has 2 heterocycles. The molecule has 122 valence electrons. The monoisotopic (exact) mass is 313 g/mol. The molecule has 1 aliphatic heterocycles. The molecule has 0 spiro atoms. The van der Waals surface area contributed by atoms with Crippen LogP contribution in [0.2, 0.25) is 0 Å². The highest BCUT2D eigenvalue weighted by Gasteiger charge is 2.20. The summed E-state index contributed by atoms with van der Waals surface area (Å²) in [6.07, 6.45) is 4.33. The van der Waals surface area contributed by atoms with Crippen molar-refractivity contribution in [2.75, 3.05) is 13.1 Å². The van der Waals surface area contributed by atoms with Crippen LogP contribution in [-0.2, 0) is 11.3 Å². The van der Waals surface area contributed by atoms with E-state index in [0.717, 1.165) is 16.8 Å². The van der Waals surface area contributed by atoms with Gasteiger partial charge in [0.1, 0.15) is 6.54 Å². The predicted octanol–water partition coefficient (Wildman–Crippen LogP) is 3.10. The summed E-state index contributed by atoms with van der Waals surface area (Å²) in [7, 11) is 0. The van der Waals surface area contributed by atoms with Gasteiger partial charge in [-0.15, -0.1) is 0 Å². The third kappa shape index (κ3) is 3.29. The quantitative estimate of drug-likeness (QED) is 0.921. The molecule has 0 saturated carbocycles. The third-order valence-electron chi connectivity index (χ3n) is 4.76. The molecule has 0 bridgehead atoms. The number of hydrogen-bond acceptors (Lipinski definition) is 3. The van der Waals surface area contributed by atoms with E-state index in [1.165, 1.54) is 36.2 Å². The molecule has 23 heavy (non-hydrogen) atoms. The lowest BCUT2D eigenvalue weighted by Crippen LogP contribution is -2.23. The van der Waals surface area contributed by atoms with Gasteiger partial charge in [0, 0.05) is 17.3 Å². The van der Waals surface area contributed by atoms with Gasteiger partial charge in [-0.2, -0.15) is 5.10 Å². The minimum absolute atomic E-state index is 0.101. The Hall–Kier alpha value is -2.14. The van der Waals surface area contributed by atoms with Crippen molar-refractivity contribution in [1.82, 2.24) is 14.7 Å². The van der Waals surface area contributed by atoms with Crippen molar-refractivity contribution in [3.8, 4) is 11.1 Å². The summed E-state index contributed by atoms with van der Waals surface area (Å²) in [5.41, 5.74) is 4.29. The van der Waals surface area contributed by atoms with Gasteiger partial charge in [-0.05, 0) is 57.0 Å². The number of carbonyl (C=O) groups is 1. The maximum Gasteiger partial charge on any atom is 0.325 e. The average Bonchev–Trinajstić information content (AvgIpc) is 3.17. The van der Waals surface area contributed by atoms with Crippen LogP contribution in [0.25, 0.3) is 11.1 Å². The normalized spacial score (nSPS) is 16.6. The van der Waals surface area contributed by atoms with Gasteiger partial charge >= 0.3 is 5.97 Å². The predicted molar refractivity (Wildman–Crippen MR) is 89.3 cm³/mol. The van der Waals surface area contributed by atoms with Crippen molar-refractivity contribution >= 4 is 5.97 Å². The van der Waals surface area contributed by atoms with Crippen LogP contribution in [0.3, 0.4) is 0 Å². The summed E-state index contributed by atoms with van der Waals surface area (Å²) >= 11 is 0. The van der Waals surface area contributed by atoms with Gasteiger partial charge in [-0.1, -0.05) is 18.2 Å². The molecule has 1 N–H and O–H groups in total. The fourth-order valence-corrected chi connectivity index (χ4v) is 3.32. The lowest BCUT2D eigenvalue weighted by Gasteiger charge is -2.24. The molecule has 1 saturated heterocycles. The molecule has 1 aliphatic rings. The van der Waals surface area contributed by atoms with E-state index in [4.69, 9.17) is 5.11 Å². The zero-order chi connectivity index (χ0) is 16.4. The van der Waals surface area contributed by atoms with E-state index in [0.29, 0.717) is 6.04 Å². The Bertz CT molecular complexity index is 702. The van der Waals surface area contributed by atoms with Gasteiger partial charge in [-0.25, -0.2) is 0 Å². The second kappa shape index (κ2) is 6.54. The maximum atomic E-state index is 10.9. The molecule has 1 aromatic heterocycles. The van der Waals surface area contributed by atoms with E-state index in [9.17, 15) is 4.79 Å². The average molecular weight is 313 g/mol. The Morgan fingerprint density at radius 2 is 2.09 bits per heavy atom. The summed E-state index contributed by atoms with van der Waals surface area (Å²) in [5, 5.41) is 13.2. The Balaban J connectivity index is 1.87. The first-order valence-electron chi connectivity index (χ1n) is 8.15. The number of aromatic nitrogens is 2. The fourth-order valence-electron chi connectivity index (χ4n) is 3.32. The summed E-state index contributed by atoms with van der Waals surface area (Å²) in [4.78, 5) is 13.4. The third-order valence-corrected chi connectivity index (χ3v) is 4.76. The molecule has 0 amide bonds. The van der Waals surface area contributed by atoms with E-state index >= 15 is 0 Å². The van der Waals surface area contributed by atoms with E-state index in [-0.39, 0.29) is 6.54 Å². The van der Waals surface area contributed by atoms with E-state index < -0.39 is 5.97 Å². The molecule has 1 aromatic carbocycles. The highest BCUT2D eigenvalue weighted by Crippen LogP contribution is 2.29. The van der Waals surface area contributed by atoms with Gasteiger partial charge in [0.25, 0.3) is 0 Å². The number of carboxylic acid groups (broad SMARTS) is 1. The van der Waals surface area contributed by atoms with Crippen molar-refractivity contribution in [3.63, 3.8) is 0 Å². The van der Waals surface area contributed by atoms with Gasteiger partial charge in [0.05, 0.1) is 6.20 Å². The van der Waals surface area contributed by atoms with Crippen LogP contribution in [0, 0.1) is 6.92 Å². The van der Waals surface area contributed by atoms with Crippen LogP contribution < -0.4 is 0 Å². The Morgan fingerprint density at radius 1 is 1.35 bits per heavy atom. The van der Waals surface area contributed by atoms with Crippen molar-refractivity contribution in [2.24, 2.45) is 0 Å². The minimum atomic E-state index is -0.876. The topological polar surface area (TPSA) is 58.4 Å². The van der Waals surface area contributed by atoms with Crippen LogP contribution in [-0.4, -0.2) is 38.8 Å². The molecule has 5 nitrogen and oxygen atoms in total. The largest absolute Gasteiger partial charge is 0.480 e. The van der Waals surface area contributed by atoms with Gasteiger partial charge in [0.2, 0.25) is 0 Å². The van der Waals surface area contributed by atoms with Crippen LogP contribution in [0.4, 0.5) is 0 Å². The number of rotatable bonds is 5. The number of likely N-dealkylation sites (tertiary alicyclic amines) is 1.